The molecule has 1 heterocycles. The van der Waals surface area contributed by atoms with E-state index in [1.54, 1.807) is 0 Å². The zero-order valence-corrected chi connectivity index (χ0v) is 13.9. The predicted octanol–water partition coefficient (Wildman–Crippen LogP) is 3.02. The van der Waals surface area contributed by atoms with Gasteiger partial charge in [0.25, 0.3) is 5.91 Å². The molecular formula is C20H24N2O2. The van der Waals surface area contributed by atoms with E-state index in [2.05, 4.69) is 34.5 Å². The van der Waals surface area contributed by atoms with Crippen molar-refractivity contribution in [1.82, 2.24) is 10.2 Å². The van der Waals surface area contributed by atoms with Gasteiger partial charge in [-0.1, -0.05) is 48.5 Å². The number of likely N-dealkylation sites (tertiary alicyclic amines) is 1. The molecule has 2 aromatic carbocycles. The number of ether oxygens (including phenoxy) is 1. The summed E-state index contributed by atoms with van der Waals surface area (Å²) in [6.07, 6.45) is 2.46. The minimum atomic E-state index is -0.0843. The minimum absolute atomic E-state index is 0.0471. The highest BCUT2D eigenvalue weighted by Gasteiger charge is 2.23. The van der Waals surface area contributed by atoms with Crippen molar-refractivity contribution in [2.24, 2.45) is 0 Å². The van der Waals surface area contributed by atoms with Crippen molar-refractivity contribution in [2.75, 3.05) is 26.2 Å². The van der Waals surface area contributed by atoms with Crippen LogP contribution >= 0.6 is 0 Å². The van der Waals surface area contributed by atoms with Crippen molar-refractivity contribution in [3.8, 4) is 5.75 Å². The van der Waals surface area contributed by atoms with E-state index in [4.69, 9.17) is 4.74 Å². The second kappa shape index (κ2) is 8.50. The maximum absolute atomic E-state index is 12.1. The number of para-hydroxylation sites is 1. The van der Waals surface area contributed by atoms with Gasteiger partial charge in [0.15, 0.2) is 6.61 Å². The Bertz CT molecular complexity index is 625. The van der Waals surface area contributed by atoms with Crippen LogP contribution in [0.1, 0.15) is 24.4 Å². The number of hydrogen-bond acceptors (Lipinski definition) is 3. The lowest BCUT2D eigenvalue weighted by atomic mass is 10.1. The third-order valence-electron chi connectivity index (χ3n) is 4.37. The van der Waals surface area contributed by atoms with Gasteiger partial charge < -0.3 is 10.1 Å². The molecule has 0 bridgehead atoms. The van der Waals surface area contributed by atoms with Crippen LogP contribution in [0, 0.1) is 0 Å². The van der Waals surface area contributed by atoms with Gasteiger partial charge in [-0.25, -0.2) is 0 Å². The molecule has 3 rings (SSSR count). The van der Waals surface area contributed by atoms with Crippen LogP contribution in [0.5, 0.6) is 5.75 Å². The van der Waals surface area contributed by atoms with E-state index in [1.165, 1.54) is 18.4 Å². The van der Waals surface area contributed by atoms with Crippen LogP contribution in [0.2, 0.25) is 0 Å². The van der Waals surface area contributed by atoms with Gasteiger partial charge in [-0.3, -0.25) is 9.69 Å². The average Bonchev–Trinajstić information content (AvgIpc) is 3.16. The molecule has 1 aliphatic rings. The number of hydrogen-bond donors (Lipinski definition) is 1. The summed E-state index contributed by atoms with van der Waals surface area (Å²) >= 11 is 0. The molecule has 1 fully saturated rings. The first kappa shape index (κ1) is 16.5. The molecule has 0 aliphatic carbocycles. The first-order valence-corrected chi connectivity index (χ1v) is 8.56. The Labute approximate surface area is 143 Å². The molecule has 0 saturated carbocycles. The number of benzene rings is 2. The Morgan fingerprint density at radius 3 is 2.29 bits per heavy atom. The molecule has 1 N–H and O–H groups in total. The molecule has 2 aromatic rings. The monoisotopic (exact) mass is 324 g/mol. The maximum atomic E-state index is 12.1. The second-order valence-corrected chi connectivity index (χ2v) is 6.08. The van der Waals surface area contributed by atoms with Gasteiger partial charge in [0.1, 0.15) is 5.75 Å². The summed E-state index contributed by atoms with van der Waals surface area (Å²) in [6.45, 7) is 2.85. The second-order valence-electron chi connectivity index (χ2n) is 6.08. The zero-order valence-electron chi connectivity index (χ0n) is 13.9. The summed E-state index contributed by atoms with van der Waals surface area (Å²) in [5, 5.41) is 3.02. The van der Waals surface area contributed by atoms with Crippen molar-refractivity contribution in [3.63, 3.8) is 0 Å². The van der Waals surface area contributed by atoms with E-state index in [0.29, 0.717) is 12.3 Å². The zero-order chi connectivity index (χ0) is 16.6. The van der Waals surface area contributed by atoms with E-state index in [0.717, 1.165) is 13.1 Å². The SMILES string of the molecule is O=C(COc1ccccc1)NCC(c1ccccc1)N1CCCC1. The lowest BCUT2D eigenvalue weighted by Crippen LogP contribution is -2.38. The molecule has 24 heavy (non-hydrogen) atoms. The highest BCUT2D eigenvalue weighted by atomic mass is 16.5. The van der Waals surface area contributed by atoms with Crippen LogP contribution in [-0.2, 0) is 4.79 Å². The first-order chi connectivity index (χ1) is 11.8. The van der Waals surface area contributed by atoms with Gasteiger partial charge in [0.05, 0.1) is 6.04 Å². The molecule has 0 spiro atoms. The largest absolute Gasteiger partial charge is 0.484 e. The highest BCUT2D eigenvalue weighted by Crippen LogP contribution is 2.24. The van der Waals surface area contributed by atoms with Gasteiger partial charge in [0.2, 0.25) is 0 Å². The molecule has 1 amide bonds. The summed E-state index contributed by atoms with van der Waals surface area (Å²) in [5.74, 6) is 0.630. The van der Waals surface area contributed by atoms with Crippen LogP contribution in [-0.4, -0.2) is 37.0 Å². The average molecular weight is 324 g/mol. The third-order valence-corrected chi connectivity index (χ3v) is 4.37. The molecule has 1 aliphatic heterocycles. The number of carbonyl (C=O) groups is 1. The van der Waals surface area contributed by atoms with E-state index >= 15 is 0 Å². The number of rotatable bonds is 7. The maximum Gasteiger partial charge on any atom is 0.258 e. The fourth-order valence-corrected chi connectivity index (χ4v) is 3.11. The summed E-state index contributed by atoms with van der Waals surface area (Å²) in [4.78, 5) is 14.6. The normalized spacial score (nSPS) is 15.8. The van der Waals surface area contributed by atoms with Crippen LogP contribution in [0.25, 0.3) is 0 Å². The molecule has 0 radical (unpaired) electrons. The van der Waals surface area contributed by atoms with E-state index in [9.17, 15) is 4.79 Å². The standard InChI is InChI=1S/C20H24N2O2/c23-20(16-24-18-11-5-2-6-12-18)21-15-19(22-13-7-8-14-22)17-9-3-1-4-10-17/h1-6,9-12,19H,7-8,13-16H2,(H,21,23). The summed E-state index contributed by atoms with van der Waals surface area (Å²) in [7, 11) is 0. The topological polar surface area (TPSA) is 41.6 Å². The Balaban J connectivity index is 1.54. The molecule has 1 unspecified atom stereocenters. The third kappa shape index (κ3) is 4.59. The lowest BCUT2D eigenvalue weighted by molar-refractivity contribution is -0.123. The number of nitrogens with one attached hydrogen (secondary N) is 1. The highest BCUT2D eigenvalue weighted by molar-refractivity contribution is 5.77. The first-order valence-electron chi connectivity index (χ1n) is 8.56. The van der Waals surface area contributed by atoms with Crippen LogP contribution < -0.4 is 10.1 Å². The molecule has 0 aromatic heterocycles. The Morgan fingerprint density at radius 1 is 1.00 bits per heavy atom. The smallest absolute Gasteiger partial charge is 0.258 e. The number of nitrogens with zero attached hydrogens (tertiary/aromatic N) is 1. The Kier molecular flexibility index (Phi) is 5.85. The Hall–Kier alpha value is -2.33. The van der Waals surface area contributed by atoms with E-state index in [1.807, 2.05) is 36.4 Å². The lowest BCUT2D eigenvalue weighted by Gasteiger charge is -2.28. The van der Waals surface area contributed by atoms with Gasteiger partial charge in [-0.05, 0) is 43.6 Å². The van der Waals surface area contributed by atoms with Crippen LogP contribution in [0.4, 0.5) is 0 Å². The predicted molar refractivity (Wildman–Crippen MR) is 94.9 cm³/mol. The quantitative estimate of drug-likeness (QED) is 0.851. The van der Waals surface area contributed by atoms with Gasteiger partial charge in [0, 0.05) is 6.54 Å². The number of carbonyl (C=O) groups excluding carboxylic acids is 1. The number of amides is 1. The van der Waals surface area contributed by atoms with Crippen molar-refractivity contribution in [2.45, 2.75) is 18.9 Å². The van der Waals surface area contributed by atoms with Gasteiger partial charge in [-0.15, -0.1) is 0 Å². The fraction of sp³-hybridized carbons (Fsp3) is 0.350. The van der Waals surface area contributed by atoms with Gasteiger partial charge in [-0.2, -0.15) is 0 Å². The fourth-order valence-electron chi connectivity index (χ4n) is 3.11. The molecule has 1 atom stereocenters. The van der Waals surface area contributed by atoms with E-state index in [-0.39, 0.29) is 18.6 Å². The summed E-state index contributed by atoms with van der Waals surface area (Å²) in [6, 6.07) is 20.0. The molecule has 1 saturated heterocycles. The molecular weight excluding hydrogens is 300 g/mol. The van der Waals surface area contributed by atoms with Crippen molar-refractivity contribution in [1.29, 1.82) is 0 Å². The Morgan fingerprint density at radius 2 is 1.62 bits per heavy atom. The minimum Gasteiger partial charge on any atom is -0.484 e. The van der Waals surface area contributed by atoms with Gasteiger partial charge >= 0.3 is 0 Å². The van der Waals surface area contributed by atoms with Crippen LogP contribution in [0.3, 0.4) is 0 Å². The van der Waals surface area contributed by atoms with Crippen LogP contribution in [0.15, 0.2) is 60.7 Å². The molecule has 4 heteroatoms. The van der Waals surface area contributed by atoms with E-state index < -0.39 is 0 Å². The van der Waals surface area contributed by atoms with Crippen molar-refractivity contribution in [3.05, 3.63) is 66.2 Å². The molecule has 126 valence electrons. The molecule has 4 nitrogen and oxygen atoms in total. The summed E-state index contributed by atoms with van der Waals surface area (Å²) in [5.41, 5.74) is 1.25. The van der Waals surface area contributed by atoms with Crippen molar-refractivity contribution >= 4 is 5.91 Å². The summed E-state index contributed by atoms with van der Waals surface area (Å²) < 4.78 is 5.51. The van der Waals surface area contributed by atoms with Crippen molar-refractivity contribution < 1.29 is 9.53 Å².